The van der Waals surface area contributed by atoms with Crippen molar-refractivity contribution in [1.82, 2.24) is 0 Å². The largest absolute Gasteiger partial charge is 3.00 e. The first-order valence-electron chi connectivity index (χ1n) is 21.1. The number of aliphatic carboxylic acids is 3. The van der Waals surface area contributed by atoms with Gasteiger partial charge in [0.05, 0.1) is 19.3 Å². The molecule has 0 amide bonds. The molecule has 67 heavy (non-hydrogen) atoms. The van der Waals surface area contributed by atoms with Crippen LogP contribution in [0.5, 0.6) is 0 Å². The van der Waals surface area contributed by atoms with Gasteiger partial charge in [-0.15, -0.1) is 0 Å². The molecule has 0 aliphatic heterocycles. The monoisotopic (exact) mass is 1040 g/mol. The van der Waals surface area contributed by atoms with E-state index in [-0.39, 0.29) is 19.5 Å². The summed E-state index contributed by atoms with van der Waals surface area (Å²) >= 11 is 0. The molecule has 0 unspecified atom stereocenters. The molecule has 12 nitrogen and oxygen atoms in total. The second-order valence-corrected chi connectivity index (χ2v) is 19.7. The van der Waals surface area contributed by atoms with Gasteiger partial charge in [0.2, 0.25) is 0 Å². The minimum Gasteiger partial charge on any atom is -0.542 e. The van der Waals surface area contributed by atoms with Crippen molar-refractivity contribution in [1.29, 1.82) is 0 Å². The first kappa shape index (κ1) is 61.3. The minimum atomic E-state index is -1.80. The predicted molar refractivity (Wildman–Crippen MR) is 254 cm³/mol. The number of rotatable bonds is 17. The van der Waals surface area contributed by atoms with Crippen LogP contribution in [0.4, 0.5) is 0 Å². The molecule has 4 aromatic carbocycles. The maximum Gasteiger partial charge on any atom is 3.00 e. The van der Waals surface area contributed by atoms with Gasteiger partial charge in [-0.05, 0) is 101 Å². The summed E-state index contributed by atoms with van der Waals surface area (Å²) in [6.45, 7) is 8.24. The molecule has 0 N–H and O–H groups in total. The van der Waals surface area contributed by atoms with Crippen LogP contribution in [0.25, 0.3) is 0 Å². The summed E-state index contributed by atoms with van der Waals surface area (Å²) in [5.41, 5.74) is 0.603. The molecule has 0 aromatic heterocycles. The van der Waals surface area contributed by atoms with Crippen molar-refractivity contribution in [2.45, 2.75) is 85.2 Å². The first-order chi connectivity index (χ1) is 31.3. The summed E-state index contributed by atoms with van der Waals surface area (Å²) in [6, 6.07) is 44.7. The van der Waals surface area contributed by atoms with E-state index >= 15 is 0 Å². The minimum absolute atomic E-state index is 0. The Hall–Kier alpha value is -5.73. The SMILES string of the molecule is C1=C\CCCC\C=C/1.CC(=O)CC(=O)C(=O)[O-].CC(=O)CC(=O)C(=O)[O-].CC(=O)CC(=O)C(=O)[O-].CC(C)[C@@H](CP(c1ccccc1)c1ccccc1)P(c1ccccc1)c1ccccc1.[Rh+3]. The summed E-state index contributed by atoms with van der Waals surface area (Å²) < 4.78 is 0. The zero-order valence-electron chi connectivity index (χ0n) is 38.3. The quantitative estimate of drug-likeness (QED) is 0.0638. The van der Waals surface area contributed by atoms with Gasteiger partial charge in [0.15, 0.2) is 17.3 Å². The van der Waals surface area contributed by atoms with Gasteiger partial charge >= 0.3 is 19.5 Å². The number of allylic oxidation sites excluding steroid dienone is 4. The van der Waals surface area contributed by atoms with Gasteiger partial charge < -0.3 is 29.7 Å². The molecule has 356 valence electrons. The van der Waals surface area contributed by atoms with Crippen LogP contribution in [0.1, 0.15) is 79.6 Å². The normalized spacial score (nSPS) is 12.5. The van der Waals surface area contributed by atoms with E-state index in [0.29, 0.717) is 11.6 Å². The third-order valence-corrected chi connectivity index (χ3v) is 15.0. The second-order valence-electron chi connectivity index (χ2n) is 15.0. The Labute approximate surface area is 408 Å². The molecule has 0 saturated carbocycles. The Morgan fingerprint density at radius 3 is 0.955 bits per heavy atom. The van der Waals surface area contributed by atoms with Crippen molar-refractivity contribution in [3.05, 3.63) is 146 Å². The number of carboxylic acid groups (broad SMARTS) is 3. The number of Topliss-reactive ketones (excluding diaryl/α,β-unsaturated/α-hetero) is 6. The molecular weight excluding hydrogens is 981 g/mol. The van der Waals surface area contributed by atoms with Crippen molar-refractivity contribution in [2.24, 2.45) is 5.92 Å². The van der Waals surface area contributed by atoms with Gasteiger partial charge in [0, 0.05) is 0 Å². The number of carboxylic acids is 3. The average molecular weight is 1040 g/mol. The molecule has 4 aromatic rings. The van der Waals surface area contributed by atoms with Gasteiger partial charge in [-0.25, -0.2) is 0 Å². The number of carbonyl (C=O) groups is 9. The average Bonchev–Trinajstić information content (AvgIpc) is 3.26. The maximum atomic E-state index is 10.1. The zero-order chi connectivity index (χ0) is 49.4. The molecule has 0 heterocycles. The maximum absolute atomic E-state index is 10.1. The van der Waals surface area contributed by atoms with Gasteiger partial charge in [-0.1, -0.05) is 159 Å². The number of hydrogen-bond acceptors (Lipinski definition) is 12. The Morgan fingerprint density at radius 2 is 0.731 bits per heavy atom. The molecule has 0 spiro atoms. The third kappa shape index (κ3) is 27.5. The van der Waals surface area contributed by atoms with Crippen molar-refractivity contribution in [3.8, 4) is 0 Å². The van der Waals surface area contributed by atoms with E-state index < -0.39 is 87.7 Å². The van der Waals surface area contributed by atoms with E-state index in [1.54, 1.807) is 0 Å². The number of ketones is 6. The first-order valence-corrected chi connectivity index (χ1v) is 24.1. The fourth-order valence-corrected chi connectivity index (χ4v) is 12.2. The van der Waals surface area contributed by atoms with Crippen LogP contribution in [-0.4, -0.2) is 64.4 Å². The zero-order valence-corrected chi connectivity index (χ0v) is 41.7. The van der Waals surface area contributed by atoms with Gasteiger partial charge in [-0.2, -0.15) is 0 Å². The van der Waals surface area contributed by atoms with E-state index in [1.165, 1.54) is 53.1 Å². The predicted octanol–water partition coefficient (Wildman–Crippen LogP) is 3.80. The number of hydrogen-bond donors (Lipinski definition) is 0. The van der Waals surface area contributed by atoms with Crippen molar-refractivity contribution >= 4 is 89.7 Å². The van der Waals surface area contributed by atoms with E-state index in [1.807, 2.05) is 0 Å². The van der Waals surface area contributed by atoms with Crippen LogP contribution in [0.3, 0.4) is 0 Å². The van der Waals surface area contributed by atoms with Crippen LogP contribution in [0, 0.1) is 5.92 Å². The summed E-state index contributed by atoms with van der Waals surface area (Å²) in [4.78, 5) is 89.2. The molecule has 1 atom stereocenters. The van der Waals surface area contributed by atoms with Crippen LogP contribution in [0.15, 0.2) is 146 Å². The molecule has 1 aliphatic carbocycles. The molecular formula is C52H57O12P2Rh. The molecule has 0 bridgehead atoms. The molecule has 0 fully saturated rings. The van der Waals surface area contributed by atoms with Gasteiger partial charge in [0.25, 0.3) is 0 Å². The Balaban J connectivity index is 0.000000986. The summed E-state index contributed by atoms with van der Waals surface area (Å²) in [6.07, 6.45) is 13.5. The standard InChI is InChI=1S/C29H30P2.C8H12.3C5H6O4.Rh/c1-24(2)29(31(27-19-11-5-12-20-27)28-21-13-6-14-22-28)23-30(25-15-7-3-8-16-25)26-17-9-4-10-18-26;1-2-4-6-8-7-5-3-1;3*1-3(6)2-4(7)5(8)9;/h3-22,24,29H,23H2,1-2H3;1-4H,5-8H2;3*2H2,1H3,(H,8,9);/q;;;;;+3/p-3/b;3-1-,4-2-;;;;/t29-;;;;;/m1...../s1. The van der Waals surface area contributed by atoms with Crippen LogP contribution in [-0.2, 0) is 62.6 Å². The van der Waals surface area contributed by atoms with Crippen LogP contribution >= 0.6 is 15.8 Å². The van der Waals surface area contributed by atoms with Crippen LogP contribution in [0.2, 0.25) is 0 Å². The molecule has 15 heteroatoms. The topological polar surface area (TPSA) is 223 Å². The third-order valence-electron chi connectivity index (χ3n) is 8.96. The van der Waals surface area contributed by atoms with Crippen LogP contribution < -0.4 is 36.5 Å². The Kier molecular flexibility index (Phi) is 32.4. The van der Waals surface area contributed by atoms with Gasteiger partial charge in [0.1, 0.15) is 35.3 Å². The van der Waals surface area contributed by atoms with E-state index in [9.17, 15) is 58.5 Å². The smallest absolute Gasteiger partial charge is 0.542 e. The van der Waals surface area contributed by atoms with E-state index in [2.05, 4.69) is 159 Å². The molecule has 5 rings (SSSR count). The van der Waals surface area contributed by atoms with Crippen molar-refractivity contribution < 1.29 is 77.9 Å². The van der Waals surface area contributed by atoms with Gasteiger partial charge in [-0.3, -0.25) is 28.8 Å². The fraction of sp³-hybridized carbons (Fsp3) is 0.288. The molecule has 1 aliphatic rings. The molecule has 0 saturated heterocycles. The number of benzene rings is 4. The summed E-state index contributed by atoms with van der Waals surface area (Å²) in [7, 11) is -0.870. The summed E-state index contributed by atoms with van der Waals surface area (Å²) in [5, 5.41) is 34.8. The van der Waals surface area contributed by atoms with E-state index in [4.69, 9.17) is 0 Å². The van der Waals surface area contributed by atoms with E-state index in [0.717, 1.165) is 20.8 Å². The second kappa shape index (κ2) is 35.5. The Bertz CT molecular complexity index is 2050. The van der Waals surface area contributed by atoms with Crippen molar-refractivity contribution in [3.63, 3.8) is 0 Å². The Morgan fingerprint density at radius 1 is 0.463 bits per heavy atom. The molecule has 0 radical (unpaired) electrons. The van der Waals surface area contributed by atoms with Crippen molar-refractivity contribution in [2.75, 3.05) is 6.16 Å². The summed E-state index contributed by atoms with van der Waals surface area (Å²) in [5.74, 6) is -9.70. The number of carbonyl (C=O) groups excluding carboxylic acids is 9. The fourth-order valence-electron chi connectivity index (χ4n) is 5.83.